The molecule has 0 saturated heterocycles. The van der Waals surface area contributed by atoms with Gasteiger partial charge in [0.15, 0.2) is 0 Å². The van der Waals surface area contributed by atoms with Crippen molar-refractivity contribution in [3.05, 3.63) is 73.1 Å². The summed E-state index contributed by atoms with van der Waals surface area (Å²) < 4.78 is 29.3. The fourth-order valence-corrected chi connectivity index (χ4v) is 3.44. The van der Waals surface area contributed by atoms with E-state index in [0.717, 1.165) is 11.3 Å². The summed E-state index contributed by atoms with van der Waals surface area (Å²) in [5.74, 6) is 0. The highest BCUT2D eigenvalue weighted by Crippen LogP contribution is 2.19. The third-order valence-electron chi connectivity index (χ3n) is 3.45. The molecule has 0 aliphatic heterocycles. The maximum absolute atomic E-state index is 12.4. The number of aromatic nitrogens is 3. The minimum absolute atomic E-state index is 0.151. The van der Waals surface area contributed by atoms with E-state index in [0.29, 0.717) is 0 Å². The van der Waals surface area contributed by atoms with Crippen molar-refractivity contribution < 1.29 is 8.42 Å². The average molecular weight is 328 g/mol. The number of hydrogen-bond donors (Lipinski definition) is 1. The summed E-state index contributed by atoms with van der Waals surface area (Å²) in [4.78, 5) is 8.02. The molecule has 2 aromatic heterocycles. The highest BCUT2D eigenvalue weighted by atomic mass is 32.2. The lowest BCUT2D eigenvalue weighted by atomic mass is 10.1. The first kappa shape index (κ1) is 15.4. The molecule has 0 spiro atoms. The molecule has 1 atom stereocenters. The fraction of sp³-hybridized carbons (Fsp3) is 0.125. The van der Waals surface area contributed by atoms with Crippen LogP contribution in [0.4, 0.5) is 0 Å². The van der Waals surface area contributed by atoms with E-state index < -0.39 is 10.0 Å². The Labute approximate surface area is 134 Å². The van der Waals surface area contributed by atoms with E-state index in [2.05, 4.69) is 14.7 Å². The quantitative estimate of drug-likeness (QED) is 0.780. The van der Waals surface area contributed by atoms with Gasteiger partial charge in [-0.05, 0) is 36.8 Å². The zero-order valence-corrected chi connectivity index (χ0v) is 13.3. The van der Waals surface area contributed by atoms with Crippen LogP contribution in [0.3, 0.4) is 0 Å². The van der Waals surface area contributed by atoms with Gasteiger partial charge >= 0.3 is 0 Å². The molecule has 0 fully saturated rings. The van der Waals surface area contributed by atoms with Crippen LogP contribution in [0.1, 0.15) is 18.5 Å². The van der Waals surface area contributed by atoms with E-state index in [4.69, 9.17) is 0 Å². The molecule has 0 amide bonds. The first-order chi connectivity index (χ1) is 11.1. The fourth-order valence-electron chi connectivity index (χ4n) is 2.24. The molecule has 0 bridgehead atoms. The highest BCUT2D eigenvalue weighted by Gasteiger charge is 2.18. The third-order valence-corrected chi connectivity index (χ3v) is 4.98. The molecule has 1 N–H and O–H groups in total. The summed E-state index contributed by atoms with van der Waals surface area (Å²) in [5.41, 5.74) is 1.79. The van der Waals surface area contributed by atoms with Crippen molar-refractivity contribution in [3.63, 3.8) is 0 Å². The molecule has 0 radical (unpaired) electrons. The molecule has 1 aromatic carbocycles. The molecular formula is C16H16N4O2S. The lowest BCUT2D eigenvalue weighted by Crippen LogP contribution is -2.27. The Bertz CT molecular complexity index is 877. The van der Waals surface area contributed by atoms with Gasteiger partial charge in [0.25, 0.3) is 0 Å². The van der Waals surface area contributed by atoms with Crippen LogP contribution in [0.25, 0.3) is 5.69 Å². The first-order valence-corrected chi connectivity index (χ1v) is 8.55. The monoisotopic (exact) mass is 328 g/mol. The number of benzene rings is 1. The minimum Gasteiger partial charge on any atom is -0.306 e. The second kappa shape index (κ2) is 6.31. The number of imidazole rings is 1. The average Bonchev–Trinajstić information content (AvgIpc) is 3.10. The van der Waals surface area contributed by atoms with Crippen molar-refractivity contribution in [1.82, 2.24) is 19.3 Å². The van der Waals surface area contributed by atoms with Crippen LogP contribution in [0.2, 0.25) is 0 Å². The standard InChI is InChI=1S/C16H16N4O2S/c1-13(19-23(21,22)16-6-3-7-17-11-16)14-4-2-5-15(10-14)20-9-8-18-12-20/h2-13,19H,1H3/t13-/m1/s1. The molecule has 3 rings (SSSR count). The summed E-state index contributed by atoms with van der Waals surface area (Å²) in [7, 11) is -3.61. The minimum atomic E-state index is -3.61. The largest absolute Gasteiger partial charge is 0.306 e. The second-order valence-corrected chi connectivity index (χ2v) is 6.81. The molecule has 0 aliphatic carbocycles. The van der Waals surface area contributed by atoms with Crippen LogP contribution in [0.5, 0.6) is 0 Å². The van der Waals surface area contributed by atoms with Gasteiger partial charge < -0.3 is 4.57 Å². The molecule has 6 nitrogen and oxygen atoms in total. The van der Waals surface area contributed by atoms with Crippen molar-refractivity contribution in [1.29, 1.82) is 0 Å². The molecule has 23 heavy (non-hydrogen) atoms. The Morgan fingerprint density at radius 1 is 1.13 bits per heavy atom. The van der Waals surface area contributed by atoms with Gasteiger partial charge in [0.1, 0.15) is 4.90 Å². The van der Waals surface area contributed by atoms with Crippen LogP contribution in [-0.2, 0) is 10.0 Å². The van der Waals surface area contributed by atoms with Gasteiger partial charge in [-0.3, -0.25) is 4.98 Å². The third kappa shape index (κ3) is 3.46. The second-order valence-electron chi connectivity index (χ2n) is 5.10. The summed E-state index contributed by atoms with van der Waals surface area (Å²) in [6.07, 6.45) is 8.10. The van der Waals surface area contributed by atoms with Crippen LogP contribution in [-0.4, -0.2) is 23.0 Å². The van der Waals surface area contributed by atoms with Crippen molar-refractivity contribution >= 4 is 10.0 Å². The predicted octanol–water partition coefficient (Wildman–Crippen LogP) is 2.31. The molecule has 2 heterocycles. The van der Waals surface area contributed by atoms with Crippen LogP contribution in [0, 0.1) is 0 Å². The summed E-state index contributed by atoms with van der Waals surface area (Å²) in [6, 6.07) is 10.4. The van der Waals surface area contributed by atoms with Gasteiger partial charge in [-0.25, -0.2) is 18.1 Å². The normalized spacial score (nSPS) is 12.9. The Morgan fingerprint density at radius 2 is 2.00 bits per heavy atom. The first-order valence-electron chi connectivity index (χ1n) is 7.07. The van der Waals surface area contributed by atoms with E-state index in [9.17, 15) is 8.42 Å². The Morgan fingerprint density at radius 3 is 2.70 bits per heavy atom. The van der Waals surface area contributed by atoms with Crippen molar-refractivity contribution in [2.24, 2.45) is 0 Å². The maximum atomic E-state index is 12.4. The number of rotatable bonds is 5. The van der Waals surface area contributed by atoms with Gasteiger partial charge in [0, 0.05) is 36.5 Å². The number of sulfonamides is 1. The Kier molecular flexibility index (Phi) is 4.22. The van der Waals surface area contributed by atoms with E-state index in [1.54, 1.807) is 25.5 Å². The highest BCUT2D eigenvalue weighted by molar-refractivity contribution is 7.89. The smallest absolute Gasteiger partial charge is 0.242 e. The van der Waals surface area contributed by atoms with Gasteiger partial charge in [-0.1, -0.05) is 12.1 Å². The molecule has 0 aliphatic rings. The predicted molar refractivity (Wildman–Crippen MR) is 86.5 cm³/mol. The summed E-state index contributed by atoms with van der Waals surface area (Å²) >= 11 is 0. The maximum Gasteiger partial charge on any atom is 0.242 e. The molecule has 118 valence electrons. The van der Waals surface area contributed by atoms with Crippen LogP contribution < -0.4 is 4.72 Å². The van der Waals surface area contributed by atoms with Gasteiger partial charge in [0.2, 0.25) is 10.0 Å². The number of nitrogens with one attached hydrogen (secondary N) is 1. The van der Waals surface area contributed by atoms with E-state index in [1.165, 1.54) is 18.5 Å². The van der Waals surface area contributed by atoms with Gasteiger partial charge in [-0.2, -0.15) is 0 Å². The van der Waals surface area contributed by atoms with E-state index in [-0.39, 0.29) is 10.9 Å². The van der Waals surface area contributed by atoms with Crippen LogP contribution >= 0.6 is 0 Å². The van der Waals surface area contributed by atoms with E-state index in [1.807, 2.05) is 35.0 Å². The summed E-state index contributed by atoms with van der Waals surface area (Å²) in [5, 5.41) is 0. The SMILES string of the molecule is C[C@@H](NS(=O)(=O)c1cccnc1)c1cccc(-n2ccnc2)c1. The zero-order chi connectivity index (χ0) is 16.3. The zero-order valence-electron chi connectivity index (χ0n) is 12.5. The van der Waals surface area contributed by atoms with Gasteiger partial charge in [0.05, 0.1) is 6.33 Å². The molecule has 3 aromatic rings. The topological polar surface area (TPSA) is 76.9 Å². The number of pyridine rings is 1. The number of nitrogens with zero attached hydrogens (tertiary/aromatic N) is 3. The molecule has 0 unspecified atom stereocenters. The Balaban J connectivity index is 1.84. The van der Waals surface area contributed by atoms with Gasteiger partial charge in [-0.15, -0.1) is 0 Å². The van der Waals surface area contributed by atoms with Crippen molar-refractivity contribution in [2.45, 2.75) is 17.9 Å². The van der Waals surface area contributed by atoms with Crippen LogP contribution in [0.15, 0.2) is 72.4 Å². The molecule has 0 saturated carbocycles. The van der Waals surface area contributed by atoms with Crippen molar-refractivity contribution in [2.75, 3.05) is 0 Å². The molecule has 7 heteroatoms. The number of hydrogen-bond acceptors (Lipinski definition) is 4. The lowest BCUT2D eigenvalue weighted by molar-refractivity contribution is 0.566. The Hall–Kier alpha value is -2.51. The lowest BCUT2D eigenvalue weighted by Gasteiger charge is -2.15. The van der Waals surface area contributed by atoms with Crippen molar-refractivity contribution in [3.8, 4) is 5.69 Å². The summed E-state index contributed by atoms with van der Waals surface area (Å²) in [6.45, 7) is 1.81. The van der Waals surface area contributed by atoms with E-state index >= 15 is 0 Å². The molecular weight excluding hydrogens is 312 g/mol.